The second kappa shape index (κ2) is 6.68. The van der Waals surface area contributed by atoms with E-state index in [4.69, 9.17) is 14.0 Å². The minimum Gasteiger partial charge on any atom is -0.381 e. The summed E-state index contributed by atoms with van der Waals surface area (Å²) in [5.74, 6) is 1.38. The molecule has 0 aliphatic carbocycles. The zero-order valence-corrected chi connectivity index (χ0v) is 10.1. The number of morpholine rings is 1. The summed E-state index contributed by atoms with van der Waals surface area (Å²) in [6, 6.07) is 0.281. The van der Waals surface area contributed by atoms with Gasteiger partial charge in [0, 0.05) is 32.0 Å². The average molecular weight is 241 g/mol. The van der Waals surface area contributed by atoms with E-state index in [-0.39, 0.29) is 6.04 Å². The first kappa shape index (κ1) is 12.5. The average Bonchev–Trinajstić information content (AvgIpc) is 2.79. The second-order valence-corrected chi connectivity index (χ2v) is 3.98. The van der Waals surface area contributed by atoms with Crippen LogP contribution in [0.5, 0.6) is 0 Å². The van der Waals surface area contributed by atoms with Crippen molar-refractivity contribution in [2.45, 2.75) is 25.8 Å². The molecule has 0 amide bonds. The molecule has 1 unspecified atom stereocenters. The van der Waals surface area contributed by atoms with Gasteiger partial charge in [0.15, 0.2) is 5.82 Å². The fourth-order valence-electron chi connectivity index (χ4n) is 1.74. The Morgan fingerprint density at radius 3 is 3.24 bits per heavy atom. The van der Waals surface area contributed by atoms with E-state index in [2.05, 4.69) is 15.5 Å². The Hall–Kier alpha value is -0.980. The SMILES string of the molecule is CCOCCc1noc(CC2COCCN2)n1. The minimum absolute atomic E-state index is 0.281. The van der Waals surface area contributed by atoms with E-state index < -0.39 is 0 Å². The molecule has 1 saturated heterocycles. The van der Waals surface area contributed by atoms with Gasteiger partial charge in [-0.05, 0) is 6.92 Å². The van der Waals surface area contributed by atoms with Crippen LogP contribution in [0.1, 0.15) is 18.6 Å². The number of nitrogens with one attached hydrogen (secondary N) is 1. The van der Waals surface area contributed by atoms with Gasteiger partial charge in [0.25, 0.3) is 0 Å². The summed E-state index contributed by atoms with van der Waals surface area (Å²) in [5, 5.41) is 7.27. The van der Waals surface area contributed by atoms with Crippen molar-refractivity contribution in [1.82, 2.24) is 15.5 Å². The maximum atomic E-state index is 5.37. The second-order valence-electron chi connectivity index (χ2n) is 3.98. The molecule has 1 fully saturated rings. The van der Waals surface area contributed by atoms with Crippen LogP contribution in [0.2, 0.25) is 0 Å². The van der Waals surface area contributed by atoms with Crippen LogP contribution in [-0.2, 0) is 22.3 Å². The molecule has 6 nitrogen and oxygen atoms in total. The molecule has 0 saturated carbocycles. The van der Waals surface area contributed by atoms with Gasteiger partial charge in [0.05, 0.1) is 19.8 Å². The first-order valence-electron chi connectivity index (χ1n) is 6.09. The third-order valence-electron chi connectivity index (χ3n) is 2.60. The minimum atomic E-state index is 0.281. The summed E-state index contributed by atoms with van der Waals surface area (Å²) in [4.78, 5) is 4.32. The van der Waals surface area contributed by atoms with E-state index in [1.165, 1.54) is 0 Å². The van der Waals surface area contributed by atoms with Crippen molar-refractivity contribution in [2.75, 3.05) is 33.0 Å². The van der Waals surface area contributed by atoms with Gasteiger partial charge in [0.1, 0.15) is 0 Å². The van der Waals surface area contributed by atoms with Crippen LogP contribution in [0.3, 0.4) is 0 Å². The molecule has 0 bridgehead atoms. The first-order chi connectivity index (χ1) is 8.38. The molecule has 0 aromatic carbocycles. The lowest BCUT2D eigenvalue weighted by molar-refractivity contribution is 0.0744. The lowest BCUT2D eigenvalue weighted by Gasteiger charge is -2.22. The highest BCUT2D eigenvalue weighted by atomic mass is 16.5. The maximum absolute atomic E-state index is 5.37. The molecular weight excluding hydrogens is 222 g/mol. The highest BCUT2D eigenvalue weighted by Gasteiger charge is 2.17. The third-order valence-corrected chi connectivity index (χ3v) is 2.60. The fraction of sp³-hybridized carbons (Fsp3) is 0.818. The molecule has 17 heavy (non-hydrogen) atoms. The molecule has 1 N–H and O–H groups in total. The number of hydrogen-bond donors (Lipinski definition) is 1. The molecule has 1 atom stereocenters. The Morgan fingerprint density at radius 1 is 1.53 bits per heavy atom. The molecule has 6 heteroatoms. The number of ether oxygens (including phenoxy) is 2. The molecule has 1 aliphatic rings. The molecule has 1 aromatic heterocycles. The van der Waals surface area contributed by atoms with Crippen molar-refractivity contribution < 1.29 is 14.0 Å². The zero-order chi connectivity index (χ0) is 11.9. The lowest BCUT2D eigenvalue weighted by atomic mass is 10.2. The predicted molar refractivity (Wildman–Crippen MR) is 60.8 cm³/mol. The quantitative estimate of drug-likeness (QED) is 0.716. The highest BCUT2D eigenvalue weighted by Crippen LogP contribution is 2.04. The summed E-state index contributed by atoms with van der Waals surface area (Å²) in [6.07, 6.45) is 1.42. The van der Waals surface area contributed by atoms with E-state index in [1.54, 1.807) is 0 Å². The highest BCUT2D eigenvalue weighted by molar-refractivity contribution is 4.90. The monoisotopic (exact) mass is 241 g/mol. The molecule has 96 valence electrons. The summed E-state index contributed by atoms with van der Waals surface area (Å²) in [7, 11) is 0. The molecule has 2 heterocycles. The van der Waals surface area contributed by atoms with Crippen LogP contribution in [0.4, 0.5) is 0 Å². The van der Waals surface area contributed by atoms with Gasteiger partial charge in [-0.1, -0.05) is 5.16 Å². The predicted octanol–water partition coefficient (Wildman–Crippen LogP) is 0.180. The molecule has 2 rings (SSSR count). The smallest absolute Gasteiger partial charge is 0.228 e. The van der Waals surface area contributed by atoms with Gasteiger partial charge in [-0.15, -0.1) is 0 Å². The number of nitrogens with zero attached hydrogens (tertiary/aromatic N) is 2. The van der Waals surface area contributed by atoms with Crippen molar-refractivity contribution in [3.8, 4) is 0 Å². The number of hydrogen-bond acceptors (Lipinski definition) is 6. The summed E-state index contributed by atoms with van der Waals surface area (Å²) < 4.78 is 15.8. The van der Waals surface area contributed by atoms with Crippen LogP contribution < -0.4 is 5.32 Å². The Bertz CT molecular complexity index is 324. The van der Waals surface area contributed by atoms with Gasteiger partial charge in [-0.25, -0.2) is 0 Å². The summed E-state index contributed by atoms with van der Waals surface area (Å²) >= 11 is 0. The van der Waals surface area contributed by atoms with Gasteiger partial charge in [-0.3, -0.25) is 0 Å². The molecule has 1 aromatic rings. The Labute approximate surface area is 101 Å². The van der Waals surface area contributed by atoms with Crippen LogP contribution in [-0.4, -0.2) is 49.2 Å². The van der Waals surface area contributed by atoms with Crippen LogP contribution in [0.25, 0.3) is 0 Å². The standard InChI is InChI=1S/C11H19N3O3/c1-2-15-5-3-10-13-11(17-14-10)7-9-8-16-6-4-12-9/h9,12H,2-8H2,1H3. The van der Waals surface area contributed by atoms with Gasteiger partial charge < -0.3 is 19.3 Å². The molecule has 0 radical (unpaired) electrons. The van der Waals surface area contributed by atoms with Crippen molar-refractivity contribution in [3.63, 3.8) is 0 Å². The van der Waals surface area contributed by atoms with Gasteiger partial charge >= 0.3 is 0 Å². The Kier molecular flexibility index (Phi) is 4.90. The topological polar surface area (TPSA) is 69.4 Å². The van der Waals surface area contributed by atoms with Crippen molar-refractivity contribution in [2.24, 2.45) is 0 Å². The summed E-state index contributed by atoms with van der Waals surface area (Å²) in [6.45, 7) is 5.69. The van der Waals surface area contributed by atoms with E-state index in [9.17, 15) is 0 Å². The lowest BCUT2D eigenvalue weighted by Crippen LogP contribution is -2.42. The maximum Gasteiger partial charge on any atom is 0.228 e. The molecule has 0 spiro atoms. The van der Waals surface area contributed by atoms with Gasteiger partial charge in [-0.2, -0.15) is 4.98 Å². The van der Waals surface area contributed by atoms with E-state index in [0.29, 0.717) is 38.0 Å². The van der Waals surface area contributed by atoms with E-state index in [1.807, 2.05) is 6.92 Å². The Morgan fingerprint density at radius 2 is 2.47 bits per heavy atom. The van der Waals surface area contributed by atoms with Crippen LogP contribution in [0, 0.1) is 0 Å². The summed E-state index contributed by atoms with van der Waals surface area (Å²) in [5.41, 5.74) is 0. The van der Waals surface area contributed by atoms with Crippen molar-refractivity contribution in [3.05, 3.63) is 11.7 Å². The third kappa shape index (κ3) is 4.07. The Balaban J connectivity index is 1.76. The van der Waals surface area contributed by atoms with Crippen LogP contribution >= 0.6 is 0 Å². The van der Waals surface area contributed by atoms with E-state index >= 15 is 0 Å². The fourth-order valence-corrected chi connectivity index (χ4v) is 1.74. The first-order valence-corrected chi connectivity index (χ1v) is 6.09. The van der Waals surface area contributed by atoms with E-state index in [0.717, 1.165) is 19.6 Å². The van der Waals surface area contributed by atoms with Crippen molar-refractivity contribution >= 4 is 0 Å². The number of aromatic nitrogens is 2. The zero-order valence-electron chi connectivity index (χ0n) is 10.1. The normalized spacial score (nSPS) is 20.6. The van der Waals surface area contributed by atoms with Crippen molar-refractivity contribution in [1.29, 1.82) is 0 Å². The molecule has 1 aliphatic heterocycles. The number of rotatable bonds is 6. The molecular formula is C11H19N3O3. The van der Waals surface area contributed by atoms with Crippen LogP contribution in [0.15, 0.2) is 4.52 Å². The van der Waals surface area contributed by atoms with Gasteiger partial charge in [0.2, 0.25) is 5.89 Å². The largest absolute Gasteiger partial charge is 0.381 e.